The lowest BCUT2D eigenvalue weighted by molar-refractivity contribution is -0.130. The number of methoxy groups -OCH3 is 2. The zero-order valence-corrected chi connectivity index (χ0v) is 16.9. The fourth-order valence-electron chi connectivity index (χ4n) is 4.34. The predicted octanol–water partition coefficient (Wildman–Crippen LogP) is 3.43. The smallest absolute Gasteiger partial charge is 0.242 e. The second kappa shape index (κ2) is 7.74. The highest BCUT2D eigenvalue weighted by Crippen LogP contribution is 2.34. The monoisotopic (exact) mass is 380 g/mol. The van der Waals surface area contributed by atoms with Crippen molar-refractivity contribution >= 4 is 11.6 Å². The van der Waals surface area contributed by atoms with Crippen LogP contribution in [-0.2, 0) is 24.2 Å². The van der Waals surface area contributed by atoms with Gasteiger partial charge in [-0.15, -0.1) is 0 Å². The molecule has 2 aromatic carbocycles. The number of hydrogen-bond acceptors (Lipinski definition) is 4. The van der Waals surface area contributed by atoms with Crippen LogP contribution in [0.25, 0.3) is 0 Å². The highest BCUT2D eigenvalue weighted by atomic mass is 16.5. The van der Waals surface area contributed by atoms with Crippen molar-refractivity contribution in [2.45, 2.75) is 38.8 Å². The molecular formula is C23H28N2O3. The van der Waals surface area contributed by atoms with Gasteiger partial charge in [0.15, 0.2) is 11.5 Å². The second-order valence-electron chi connectivity index (χ2n) is 7.69. The second-order valence-corrected chi connectivity index (χ2v) is 7.69. The van der Waals surface area contributed by atoms with Gasteiger partial charge in [-0.3, -0.25) is 4.79 Å². The molecule has 0 saturated heterocycles. The van der Waals surface area contributed by atoms with Gasteiger partial charge in [0, 0.05) is 24.8 Å². The van der Waals surface area contributed by atoms with Crippen LogP contribution in [0.1, 0.15) is 30.0 Å². The van der Waals surface area contributed by atoms with E-state index in [0.29, 0.717) is 24.9 Å². The number of fused-ring (bicyclic) bond motifs is 2. The Morgan fingerprint density at radius 2 is 1.75 bits per heavy atom. The van der Waals surface area contributed by atoms with Gasteiger partial charge < -0.3 is 19.3 Å². The number of para-hydroxylation sites is 1. The third-order valence-corrected chi connectivity index (χ3v) is 6.04. The van der Waals surface area contributed by atoms with Crippen molar-refractivity contribution in [1.82, 2.24) is 4.90 Å². The summed E-state index contributed by atoms with van der Waals surface area (Å²) in [4.78, 5) is 17.4. The highest BCUT2D eigenvalue weighted by Gasteiger charge is 2.28. The van der Waals surface area contributed by atoms with Gasteiger partial charge in [0.05, 0.1) is 20.8 Å². The van der Waals surface area contributed by atoms with Gasteiger partial charge in [0.25, 0.3) is 0 Å². The molecule has 0 N–H and O–H groups in total. The van der Waals surface area contributed by atoms with Gasteiger partial charge in [0.2, 0.25) is 5.91 Å². The van der Waals surface area contributed by atoms with Crippen molar-refractivity contribution in [1.29, 1.82) is 0 Å². The van der Waals surface area contributed by atoms with E-state index in [2.05, 4.69) is 36.1 Å². The maximum absolute atomic E-state index is 13.1. The van der Waals surface area contributed by atoms with Gasteiger partial charge in [0.1, 0.15) is 0 Å². The number of ether oxygens (including phenoxy) is 2. The first-order valence-electron chi connectivity index (χ1n) is 9.96. The third-order valence-electron chi connectivity index (χ3n) is 6.04. The van der Waals surface area contributed by atoms with Crippen molar-refractivity contribution < 1.29 is 14.3 Å². The Bertz CT molecular complexity index is 880. The molecule has 4 rings (SSSR count). The molecule has 28 heavy (non-hydrogen) atoms. The molecule has 1 atom stereocenters. The van der Waals surface area contributed by atoms with Crippen LogP contribution in [0.3, 0.4) is 0 Å². The maximum atomic E-state index is 13.1. The molecule has 5 nitrogen and oxygen atoms in total. The first kappa shape index (κ1) is 18.7. The van der Waals surface area contributed by atoms with Gasteiger partial charge in [-0.2, -0.15) is 0 Å². The van der Waals surface area contributed by atoms with E-state index in [0.717, 1.165) is 37.1 Å². The van der Waals surface area contributed by atoms with Gasteiger partial charge >= 0.3 is 0 Å². The van der Waals surface area contributed by atoms with Crippen LogP contribution in [0.4, 0.5) is 5.69 Å². The lowest BCUT2D eigenvalue weighted by Crippen LogP contribution is -2.47. The van der Waals surface area contributed by atoms with Crippen LogP contribution in [0.2, 0.25) is 0 Å². The topological polar surface area (TPSA) is 42.0 Å². The molecule has 1 amide bonds. The van der Waals surface area contributed by atoms with E-state index in [1.165, 1.54) is 16.8 Å². The average Bonchev–Trinajstić information content (AvgIpc) is 2.74. The minimum Gasteiger partial charge on any atom is -0.493 e. The summed E-state index contributed by atoms with van der Waals surface area (Å²) in [6, 6.07) is 12.9. The molecular weight excluding hydrogens is 352 g/mol. The molecule has 0 saturated carbocycles. The Balaban J connectivity index is 1.51. The standard InChI is InChI=1S/C23H28N2O3/c1-16-8-9-17-6-4-5-7-20(17)25(16)15-23(26)24-11-10-18-12-21(27-2)22(28-3)13-19(18)14-24/h4-7,12-13,16H,8-11,14-15H2,1-3H3/t16-/m1/s1. The first-order chi connectivity index (χ1) is 13.6. The van der Waals surface area contributed by atoms with E-state index in [1.807, 2.05) is 17.0 Å². The van der Waals surface area contributed by atoms with E-state index < -0.39 is 0 Å². The van der Waals surface area contributed by atoms with Crippen LogP contribution in [0, 0.1) is 0 Å². The van der Waals surface area contributed by atoms with Crippen LogP contribution in [0.5, 0.6) is 11.5 Å². The Morgan fingerprint density at radius 3 is 2.50 bits per heavy atom. The van der Waals surface area contributed by atoms with Crippen LogP contribution in [-0.4, -0.2) is 44.2 Å². The molecule has 0 unspecified atom stereocenters. The van der Waals surface area contributed by atoms with Gasteiger partial charge in [-0.1, -0.05) is 18.2 Å². The number of rotatable bonds is 4. The molecule has 2 aliphatic rings. The number of carbonyl (C=O) groups is 1. The summed E-state index contributed by atoms with van der Waals surface area (Å²) in [5.74, 6) is 1.65. The molecule has 0 aliphatic carbocycles. The lowest BCUT2D eigenvalue weighted by atomic mass is 9.96. The van der Waals surface area contributed by atoms with Crippen molar-refractivity contribution in [2.24, 2.45) is 0 Å². The number of carbonyl (C=O) groups excluding carboxylic acids is 1. The number of aryl methyl sites for hydroxylation is 1. The third kappa shape index (κ3) is 3.41. The Labute approximate surface area is 166 Å². The predicted molar refractivity (Wildman–Crippen MR) is 110 cm³/mol. The van der Waals surface area contributed by atoms with Crippen LogP contribution in [0.15, 0.2) is 36.4 Å². The molecule has 2 aliphatic heterocycles. The molecule has 0 radical (unpaired) electrons. The molecule has 5 heteroatoms. The summed E-state index contributed by atoms with van der Waals surface area (Å²) in [5.41, 5.74) is 4.93. The molecule has 0 bridgehead atoms. The minimum absolute atomic E-state index is 0.184. The van der Waals surface area contributed by atoms with Gasteiger partial charge in [-0.25, -0.2) is 0 Å². The fraction of sp³-hybridized carbons (Fsp3) is 0.435. The number of nitrogens with zero attached hydrogens (tertiary/aromatic N) is 2. The summed E-state index contributed by atoms with van der Waals surface area (Å²) in [7, 11) is 3.30. The van der Waals surface area contributed by atoms with Crippen molar-refractivity contribution in [3.8, 4) is 11.5 Å². The summed E-state index contributed by atoms with van der Waals surface area (Å²) >= 11 is 0. The summed E-state index contributed by atoms with van der Waals surface area (Å²) < 4.78 is 10.8. The summed E-state index contributed by atoms with van der Waals surface area (Å²) in [5, 5.41) is 0. The molecule has 0 fully saturated rings. The van der Waals surface area contributed by atoms with E-state index in [-0.39, 0.29) is 5.91 Å². The zero-order valence-electron chi connectivity index (χ0n) is 16.9. The van der Waals surface area contributed by atoms with E-state index in [9.17, 15) is 4.79 Å². The Hall–Kier alpha value is -2.69. The molecule has 148 valence electrons. The normalized spacial score (nSPS) is 18.3. The fourth-order valence-corrected chi connectivity index (χ4v) is 4.34. The number of benzene rings is 2. The molecule has 0 spiro atoms. The van der Waals surface area contributed by atoms with Crippen LogP contribution < -0.4 is 14.4 Å². The SMILES string of the molecule is COc1cc2c(cc1OC)CN(C(=O)CN1c3ccccc3CC[C@H]1C)CC2. The molecule has 0 aromatic heterocycles. The van der Waals surface area contributed by atoms with Gasteiger partial charge in [-0.05, 0) is 61.1 Å². The minimum atomic E-state index is 0.184. The van der Waals surface area contributed by atoms with E-state index >= 15 is 0 Å². The Morgan fingerprint density at radius 1 is 1.04 bits per heavy atom. The Kier molecular flexibility index (Phi) is 5.16. The molecule has 2 heterocycles. The quantitative estimate of drug-likeness (QED) is 0.815. The average molecular weight is 380 g/mol. The number of hydrogen-bond donors (Lipinski definition) is 0. The van der Waals surface area contributed by atoms with Crippen LogP contribution >= 0.6 is 0 Å². The van der Waals surface area contributed by atoms with Crippen molar-refractivity contribution in [2.75, 3.05) is 32.2 Å². The lowest BCUT2D eigenvalue weighted by Gasteiger charge is -2.38. The van der Waals surface area contributed by atoms with Crippen molar-refractivity contribution in [3.05, 3.63) is 53.1 Å². The number of anilines is 1. The summed E-state index contributed by atoms with van der Waals surface area (Å²) in [6.07, 6.45) is 3.01. The summed E-state index contributed by atoms with van der Waals surface area (Å²) in [6.45, 7) is 4.01. The maximum Gasteiger partial charge on any atom is 0.242 e. The molecule has 2 aromatic rings. The number of amides is 1. The zero-order chi connectivity index (χ0) is 19.7. The van der Waals surface area contributed by atoms with E-state index in [1.54, 1.807) is 14.2 Å². The van der Waals surface area contributed by atoms with E-state index in [4.69, 9.17) is 9.47 Å². The van der Waals surface area contributed by atoms with Crippen molar-refractivity contribution in [3.63, 3.8) is 0 Å². The largest absolute Gasteiger partial charge is 0.493 e. The first-order valence-corrected chi connectivity index (χ1v) is 9.96. The highest BCUT2D eigenvalue weighted by molar-refractivity contribution is 5.82.